The number of nitrogens with one attached hydrogen (secondary N) is 1. The lowest BCUT2D eigenvalue weighted by Gasteiger charge is -2.26. The summed E-state index contributed by atoms with van der Waals surface area (Å²) >= 11 is 6.32. The number of likely N-dealkylation sites (tertiary alicyclic amines) is 1. The molecule has 0 spiro atoms. The Morgan fingerprint density at radius 3 is 2.74 bits per heavy atom. The number of carbonyl (C=O) groups is 1. The number of amides is 2. The van der Waals surface area contributed by atoms with Crippen LogP contribution in [0.3, 0.4) is 0 Å². The first-order chi connectivity index (χ1) is 11.0. The standard InChI is InChI=1S/C17H21ClN4O/c1-11-16(12(2)21(3)20-11)19-17(23)22-10-6-9-15(22)13-7-4-5-8-14(13)18/h4-5,7-8,15H,6,9-10H2,1-3H3,(H,19,23). The number of carbonyl (C=O) groups excluding carboxylic acids is 1. The number of aromatic nitrogens is 2. The molecule has 2 aromatic rings. The third-order valence-corrected chi connectivity index (χ3v) is 4.86. The Bertz CT molecular complexity index is 740. The Kier molecular flexibility index (Phi) is 4.31. The van der Waals surface area contributed by atoms with E-state index >= 15 is 0 Å². The van der Waals surface area contributed by atoms with E-state index in [2.05, 4.69) is 10.4 Å². The van der Waals surface area contributed by atoms with Crippen LogP contribution in [0.25, 0.3) is 0 Å². The summed E-state index contributed by atoms with van der Waals surface area (Å²) in [4.78, 5) is 14.6. The van der Waals surface area contributed by atoms with E-state index in [-0.39, 0.29) is 12.1 Å². The quantitative estimate of drug-likeness (QED) is 0.901. The molecule has 0 aliphatic carbocycles. The van der Waals surface area contributed by atoms with E-state index in [9.17, 15) is 4.79 Å². The molecule has 122 valence electrons. The first kappa shape index (κ1) is 15.9. The molecule has 0 bridgehead atoms. The molecule has 0 saturated carbocycles. The van der Waals surface area contributed by atoms with Gasteiger partial charge in [-0.15, -0.1) is 0 Å². The Morgan fingerprint density at radius 1 is 1.35 bits per heavy atom. The summed E-state index contributed by atoms with van der Waals surface area (Å²) in [6.45, 7) is 4.59. The second kappa shape index (κ2) is 6.24. The topological polar surface area (TPSA) is 50.2 Å². The predicted molar refractivity (Wildman–Crippen MR) is 91.8 cm³/mol. The summed E-state index contributed by atoms with van der Waals surface area (Å²) in [6.07, 6.45) is 1.91. The average molecular weight is 333 g/mol. The van der Waals surface area contributed by atoms with E-state index < -0.39 is 0 Å². The number of nitrogens with zero attached hydrogens (tertiary/aromatic N) is 3. The minimum atomic E-state index is -0.0911. The van der Waals surface area contributed by atoms with Gasteiger partial charge in [0, 0.05) is 18.6 Å². The smallest absolute Gasteiger partial charge is 0.317 e. The number of hydrogen-bond acceptors (Lipinski definition) is 2. The fourth-order valence-corrected chi connectivity index (χ4v) is 3.47. The molecule has 1 unspecified atom stereocenters. The van der Waals surface area contributed by atoms with Crippen LogP contribution in [-0.4, -0.2) is 27.3 Å². The zero-order chi connectivity index (χ0) is 16.6. The average Bonchev–Trinajstić information content (AvgIpc) is 3.09. The van der Waals surface area contributed by atoms with Gasteiger partial charge in [0.15, 0.2) is 0 Å². The van der Waals surface area contributed by atoms with Crippen LogP contribution in [0.2, 0.25) is 5.02 Å². The number of hydrogen-bond donors (Lipinski definition) is 1. The molecule has 23 heavy (non-hydrogen) atoms. The van der Waals surface area contributed by atoms with Crippen molar-refractivity contribution in [3.63, 3.8) is 0 Å². The molecule has 1 N–H and O–H groups in total. The maximum atomic E-state index is 12.8. The molecule has 2 amide bonds. The van der Waals surface area contributed by atoms with Crippen molar-refractivity contribution in [2.45, 2.75) is 32.7 Å². The van der Waals surface area contributed by atoms with Gasteiger partial charge in [0.1, 0.15) is 0 Å². The van der Waals surface area contributed by atoms with Crippen LogP contribution in [-0.2, 0) is 7.05 Å². The Balaban J connectivity index is 1.83. The van der Waals surface area contributed by atoms with Gasteiger partial charge in [-0.25, -0.2) is 4.79 Å². The van der Waals surface area contributed by atoms with Crippen molar-refractivity contribution in [3.8, 4) is 0 Å². The van der Waals surface area contributed by atoms with E-state index in [1.165, 1.54) is 0 Å². The first-order valence-electron chi connectivity index (χ1n) is 7.81. The summed E-state index contributed by atoms with van der Waals surface area (Å²) in [7, 11) is 1.88. The molecule has 1 aliphatic rings. The summed E-state index contributed by atoms with van der Waals surface area (Å²) in [5.74, 6) is 0. The largest absolute Gasteiger partial charge is 0.322 e. The van der Waals surface area contributed by atoms with Crippen LogP contribution in [0.5, 0.6) is 0 Å². The molecular formula is C17H21ClN4O. The van der Waals surface area contributed by atoms with Crippen LogP contribution in [0, 0.1) is 13.8 Å². The number of benzene rings is 1. The lowest BCUT2D eigenvalue weighted by Crippen LogP contribution is -2.34. The van der Waals surface area contributed by atoms with Crippen molar-refractivity contribution in [2.75, 3.05) is 11.9 Å². The van der Waals surface area contributed by atoms with Crippen LogP contribution in [0.1, 0.15) is 35.8 Å². The van der Waals surface area contributed by atoms with Gasteiger partial charge in [-0.05, 0) is 38.3 Å². The minimum Gasteiger partial charge on any atom is -0.317 e. The van der Waals surface area contributed by atoms with E-state index in [0.29, 0.717) is 5.02 Å². The third-order valence-electron chi connectivity index (χ3n) is 4.52. The van der Waals surface area contributed by atoms with Gasteiger partial charge in [0.25, 0.3) is 0 Å². The zero-order valence-electron chi connectivity index (χ0n) is 13.6. The Morgan fingerprint density at radius 2 is 2.09 bits per heavy atom. The maximum Gasteiger partial charge on any atom is 0.322 e. The van der Waals surface area contributed by atoms with Gasteiger partial charge in [0.05, 0.1) is 23.1 Å². The van der Waals surface area contributed by atoms with Gasteiger partial charge >= 0.3 is 6.03 Å². The van der Waals surface area contributed by atoms with Crippen LogP contribution in [0.15, 0.2) is 24.3 Å². The summed E-state index contributed by atoms with van der Waals surface area (Å²) in [6, 6.07) is 7.69. The van der Waals surface area contributed by atoms with Gasteiger partial charge in [-0.3, -0.25) is 4.68 Å². The molecule has 6 heteroatoms. The molecule has 2 heterocycles. The molecular weight excluding hydrogens is 312 g/mol. The van der Waals surface area contributed by atoms with E-state index in [4.69, 9.17) is 11.6 Å². The lowest BCUT2D eigenvalue weighted by molar-refractivity contribution is 0.207. The van der Waals surface area contributed by atoms with Crippen LogP contribution < -0.4 is 5.32 Å². The number of halogens is 1. The number of rotatable bonds is 2. The zero-order valence-corrected chi connectivity index (χ0v) is 14.4. The minimum absolute atomic E-state index is 0.0287. The second-order valence-electron chi connectivity index (χ2n) is 5.97. The molecule has 3 rings (SSSR count). The Hall–Kier alpha value is -2.01. The molecule has 1 aliphatic heterocycles. The number of urea groups is 1. The predicted octanol–water partition coefficient (Wildman–Crippen LogP) is 4.06. The van der Waals surface area contributed by atoms with Gasteiger partial charge in [-0.1, -0.05) is 29.8 Å². The summed E-state index contributed by atoms with van der Waals surface area (Å²) in [5.41, 5.74) is 3.58. The number of aryl methyl sites for hydroxylation is 2. The Labute approximate surface area is 141 Å². The van der Waals surface area contributed by atoms with Crippen LogP contribution in [0.4, 0.5) is 10.5 Å². The maximum absolute atomic E-state index is 12.8. The first-order valence-corrected chi connectivity index (χ1v) is 8.19. The lowest BCUT2D eigenvalue weighted by atomic mass is 10.0. The molecule has 1 aromatic carbocycles. The fourth-order valence-electron chi connectivity index (χ4n) is 3.21. The van der Waals surface area contributed by atoms with Crippen molar-refractivity contribution < 1.29 is 4.79 Å². The van der Waals surface area contributed by atoms with Crippen molar-refractivity contribution in [3.05, 3.63) is 46.2 Å². The van der Waals surface area contributed by atoms with E-state index in [1.54, 1.807) is 4.68 Å². The van der Waals surface area contributed by atoms with Crippen LogP contribution >= 0.6 is 11.6 Å². The molecule has 1 atom stereocenters. The monoisotopic (exact) mass is 332 g/mol. The molecule has 1 fully saturated rings. The summed E-state index contributed by atoms with van der Waals surface area (Å²) < 4.78 is 1.78. The molecule has 1 aromatic heterocycles. The normalized spacial score (nSPS) is 17.6. The van der Waals surface area contributed by atoms with E-state index in [1.807, 2.05) is 50.1 Å². The number of anilines is 1. The van der Waals surface area contributed by atoms with Crippen molar-refractivity contribution in [1.82, 2.24) is 14.7 Å². The highest BCUT2D eigenvalue weighted by Gasteiger charge is 2.31. The molecule has 5 nitrogen and oxygen atoms in total. The fraction of sp³-hybridized carbons (Fsp3) is 0.412. The van der Waals surface area contributed by atoms with Crippen molar-refractivity contribution in [2.24, 2.45) is 7.05 Å². The SMILES string of the molecule is Cc1nn(C)c(C)c1NC(=O)N1CCCC1c1ccccc1Cl. The van der Waals surface area contributed by atoms with Crippen molar-refractivity contribution in [1.29, 1.82) is 0 Å². The van der Waals surface area contributed by atoms with Crippen molar-refractivity contribution >= 4 is 23.3 Å². The highest BCUT2D eigenvalue weighted by atomic mass is 35.5. The third kappa shape index (κ3) is 2.93. The second-order valence-corrected chi connectivity index (χ2v) is 6.38. The highest BCUT2D eigenvalue weighted by molar-refractivity contribution is 6.31. The van der Waals surface area contributed by atoms with E-state index in [0.717, 1.165) is 42.0 Å². The molecule has 0 radical (unpaired) electrons. The molecule has 1 saturated heterocycles. The van der Waals surface area contributed by atoms with Gasteiger partial charge < -0.3 is 10.2 Å². The summed E-state index contributed by atoms with van der Waals surface area (Å²) in [5, 5.41) is 8.08. The highest BCUT2D eigenvalue weighted by Crippen LogP contribution is 2.36. The van der Waals surface area contributed by atoms with Gasteiger partial charge in [0.2, 0.25) is 0 Å². The van der Waals surface area contributed by atoms with Gasteiger partial charge in [-0.2, -0.15) is 5.10 Å².